The zero-order chi connectivity index (χ0) is 12.3. The van der Waals surface area contributed by atoms with Crippen molar-refractivity contribution in [2.24, 2.45) is 0 Å². The van der Waals surface area contributed by atoms with Gasteiger partial charge in [0.05, 0.1) is 19.9 Å². The maximum absolute atomic E-state index is 5.58. The van der Waals surface area contributed by atoms with Crippen molar-refractivity contribution in [3.8, 4) is 23.0 Å². The van der Waals surface area contributed by atoms with Gasteiger partial charge in [0, 0.05) is 23.9 Å². The van der Waals surface area contributed by atoms with Crippen LogP contribution in [0.2, 0.25) is 0 Å². The minimum Gasteiger partial charge on any atom is -0.481 e. The fourth-order valence-electron chi connectivity index (χ4n) is 1.35. The van der Waals surface area contributed by atoms with Crippen molar-refractivity contribution in [2.75, 3.05) is 20.0 Å². The van der Waals surface area contributed by atoms with Gasteiger partial charge in [-0.3, -0.25) is 0 Å². The molecule has 2 rings (SSSR count). The summed E-state index contributed by atoms with van der Waals surface area (Å²) in [7, 11) is 3.09. The lowest BCUT2D eigenvalue weighted by Gasteiger charge is -2.05. The Kier molecular flexibility index (Phi) is 3.04. The molecule has 0 amide bonds. The largest absolute Gasteiger partial charge is 0.481 e. The van der Waals surface area contributed by atoms with Gasteiger partial charge in [-0.15, -0.1) is 0 Å². The smallest absolute Gasteiger partial charge is 0.223 e. The molecule has 0 aliphatic heterocycles. The summed E-state index contributed by atoms with van der Waals surface area (Å²) in [6, 6.07) is 5.28. The van der Waals surface area contributed by atoms with Crippen LogP contribution in [0.3, 0.4) is 0 Å². The molecule has 2 N–H and O–H groups in total. The molecule has 0 spiro atoms. The lowest BCUT2D eigenvalue weighted by atomic mass is 10.2. The minimum absolute atomic E-state index is 0.162. The van der Waals surface area contributed by atoms with E-state index >= 15 is 0 Å². The Labute approximate surface area is 98.4 Å². The summed E-state index contributed by atoms with van der Waals surface area (Å²) >= 11 is 0. The third kappa shape index (κ3) is 2.41. The molecule has 0 aliphatic rings. The molecule has 6 heteroatoms. The Morgan fingerprint density at radius 1 is 1.06 bits per heavy atom. The number of pyridine rings is 1. The minimum atomic E-state index is 0.162. The summed E-state index contributed by atoms with van der Waals surface area (Å²) in [5.74, 6) is 1.13. The van der Waals surface area contributed by atoms with Crippen LogP contribution in [0.25, 0.3) is 11.3 Å². The van der Waals surface area contributed by atoms with Crippen molar-refractivity contribution in [1.82, 2.24) is 15.0 Å². The first kappa shape index (κ1) is 11.1. The molecule has 0 aromatic carbocycles. The predicted molar refractivity (Wildman–Crippen MR) is 62.8 cm³/mol. The second kappa shape index (κ2) is 4.65. The maximum Gasteiger partial charge on any atom is 0.223 e. The van der Waals surface area contributed by atoms with E-state index in [9.17, 15) is 0 Å². The van der Waals surface area contributed by atoms with Crippen LogP contribution < -0.4 is 15.2 Å². The third-order valence-electron chi connectivity index (χ3n) is 2.17. The zero-order valence-electron chi connectivity index (χ0n) is 9.54. The maximum atomic E-state index is 5.58. The van der Waals surface area contributed by atoms with E-state index in [4.69, 9.17) is 15.2 Å². The van der Waals surface area contributed by atoms with Gasteiger partial charge in [0.2, 0.25) is 17.7 Å². The number of nitrogen functional groups attached to an aromatic ring is 1. The van der Waals surface area contributed by atoms with Gasteiger partial charge < -0.3 is 15.2 Å². The second-order valence-corrected chi connectivity index (χ2v) is 3.24. The van der Waals surface area contributed by atoms with E-state index in [0.717, 1.165) is 5.56 Å². The Balaban J connectivity index is 2.41. The highest BCUT2D eigenvalue weighted by Crippen LogP contribution is 2.22. The number of anilines is 1. The molecule has 0 aliphatic carbocycles. The number of nitrogens with zero attached hydrogens (tertiary/aromatic N) is 3. The van der Waals surface area contributed by atoms with Crippen LogP contribution in [0.5, 0.6) is 11.8 Å². The van der Waals surface area contributed by atoms with Crippen molar-refractivity contribution in [3.63, 3.8) is 0 Å². The normalized spacial score (nSPS) is 10.0. The number of hydrogen-bond donors (Lipinski definition) is 1. The first-order chi connectivity index (χ1) is 8.22. The fourth-order valence-corrected chi connectivity index (χ4v) is 1.35. The van der Waals surface area contributed by atoms with Crippen LogP contribution in [0, 0.1) is 0 Å². The first-order valence-electron chi connectivity index (χ1n) is 4.92. The molecule has 88 valence electrons. The quantitative estimate of drug-likeness (QED) is 0.854. The Morgan fingerprint density at radius 2 is 1.82 bits per heavy atom. The van der Waals surface area contributed by atoms with Gasteiger partial charge in [-0.05, 0) is 6.07 Å². The number of hydrogen-bond acceptors (Lipinski definition) is 6. The summed E-state index contributed by atoms with van der Waals surface area (Å²) in [4.78, 5) is 12.1. The Bertz CT molecular complexity index is 513. The molecule has 0 saturated carbocycles. The SMILES string of the molecule is COc1ccc(-c2cc(OC)nc(N)n2)cn1. The van der Waals surface area contributed by atoms with E-state index in [0.29, 0.717) is 17.5 Å². The van der Waals surface area contributed by atoms with Crippen LogP contribution >= 0.6 is 0 Å². The van der Waals surface area contributed by atoms with Crippen molar-refractivity contribution in [2.45, 2.75) is 0 Å². The Hall–Kier alpha value is -2.37. The molecule has 2 aromatic heterocycles. The van der Waals surface area contributed by atoms with E-state index < -0.39 is 0 Å². The highest BCUT2D eigenvalue weighted by atomic mass is 16.5. The van der Waals surface area contributed by atoms with Gasteiger partial charge in [0.25, 0.3) is 0 Å². The summed E-state index contributed by atoms with van der Waals surface area (Å²) in [5.41, 5.74) is 7.06. The van der Waals surface area contributed by atoms with E-state index in [-0.39, 0.29) is 5.95 Å². The molecule has 6 nitrogen and oxygen atoms in total. The van der Waals surface area contributed by atoms with E-state index in [2.05, 4.69) is 15.0 Å². The first-order valence-corrected chi connectivity index (χ1v) is 4.92. The number of rotatable bonds is 3. The van der Waals surface area contributed by atoms with Crippen molar-refractivity contribution < 1.29 is 9.47 Å². The summed E-state index contributed by atoms with van der Waals surface area (Å²) in [5, 5.41) is 0. The van der Waals surface area contributed by atoms with E-state index in [1.165, 1.54) is 7.11 Å². The van der Waals surface area contributed by atoms with Gasteiger partial charge in [-0.2, -0.15) is 4.98 Å². The molecule has 2 aromatic rings. The molecule has 0 saturated heterocycles. The molecule has 0 fully saturated rings. The number of nitrogens with two attached hydrogens (primary N) is 1. The van der Waals surface area contributed by atoms with Crippen molar-refractivity contribution in [1.29, 1.82) is 0 Å². The zero-order valence-corrected chi connectivity index (χ0v) is 9.54. The van der Waals surface area contributed by atoms with Crippen LogP contribution in [-0.2, 0) is 0 Å². The molecule has 2 heterocycles. The predicted octanol–water partition coefficient (Wildman–Crippen LogP) is 1.14. The molecule has 0 atom stereocenters. The van der Waals surface area contributed by atoms with Crippen LogP contribution in [0.1, 0.15) is 0 Å². The fraction of sp³-hybridized carbons (Fsp3) is 0.182. The highest BCUT2D eigenvalue weighted by Gasteiger charge is 2.05. The molecular formula is C11H12N4O2. The lowest BCUT2D eigenvalue weighted by molar-refractivity contribution is 0.397. The summed E-state index contributed by atoms with van der Waals surface area (Å²) < 4.78 is 10.0. The molecule has 0 bridgehead atoms. The molecule has 0 unspecified atom stereocenters. The van der Waals surface area contributed by atoms with Gasteiger partial charge in [-0.1, -0.05) is 0 Å². The highest BCUT2D eigenvalue weighted by molar-refractivity contribution is 5.60. The van der Waals surface area contributed by atoms with Crippen LogP contribution in [0.15, 0.2) is 24.4 Å². The number of ether oxygens (including phenoxy) is 2. The van der Waals surface area contributed by atoms with Crippen molar-refractivity contribution >= 4 is 5.95 Å². The van der Waals surface area contributed by atoms with Crippen LogP contribution in [0.4, 0.5) is 5.95 Å². The standard InChI is InChI=1S/C11H12N4O2/c1-16-9-4-3-7(6-13-9)8-5-10(17-2)15-11(12)14-8/h3-6H,1-2H3,(H2,12,14,15). The summed E-state index contributed by atoms with van der Waals surface area (Å²) in [6.07, 6.45) is 1.65. The van der Waals surface area contributed by atoms with E-state index in [1.54, 1.807) is 25.4 Å². The second-order valence-electron chi connectivity index (χ2n) is 3.24. The molecule has 17 heavy (non-hydrogen) atoms. The van der Waals surface area contributed by atoms with Gasteiger partial charge in [-0.25, -0.2) is 9.97 Å². The van der Waals surface area contributed by atoms with Crippen LogP contribution in [-0.4, -0.2) is 29.2 Å². The van der Waals surface area contributed by atoms with Gasteiger partial charge in [0.1, 0.15) is 0 Å². The molecule has 0 radical (unpaired) electrons. The number of methoxy groups -OCH3 is 2. The average molecular weight is 232 g/mol. The topological polar surface area (TPSA) is 83.2 Å². The third-order valence-corrected chi connectivity index (χ3v) is 2.17. The Morgan fingerprint density at radius 3 is 2.41 bits per heavy atom. The van der Waals surface area contributed by atoms with Crippen molar-refractivity contribution in [3.05, 3.63) is 24.4 Å². The monoisotopic (exact) mass is 232 g/mol. The number of aromatic nitrogens is 3. The summed E-state index contributed by atoms with van der Waals surface area (Å²) in [6.45, 7) is 0. The van der Waals surface area contributed by atoms with E-state index in [1.807, 2.05) is 6.07 Å². The average Bonchev–Trinajstić information content (AvgIpc) is 2.38. The van der Waals surface area contributed by atoms with Gasteiger partial charge in [0.15, 0.2) is 0 Å². The lowest BCUT2D eigenvalue weighted by Crippen LogP contribution is -1.99. The van der Waals surface area contributed by atoms with Gasteiger partial charge >= 0.3 is 0 Å². The molecular weight excluding hydrogens is 220 g/mol.